The summed E-state index contributed by atoms with van der Waals surface area (Å²) in [6.07, 6.45) is 7.54. The Kier molecular flexibility index (Phi) is 6.02. The summed E-state index contributed by atoms with van der Waals surface area (Å²) >= 11 is 6.88. The largest absolute Gasteiger partial charge is 0.364 e. The molecule has 0 aromatic heterocycles. The Morgan fingerprint density at radius 1 is 1.03 bits per heavy atom. The molecule has 188 valence electrons. The molecule has 2 saturated carbocycles. The minimum Gasteiger partial charge on any atom is -0.364 e. The number of para-hydroxylation sites is 1. The van der Waals surface area contributed by atoms with Crippen LogP contribution in [0.2, 0.25) is 0 Å². The van der Waals surface area contributed by atoms with Gasteiger partial charge in [0.1, 0.15) is 6.07 Å². The monoisotopic (exact) mass is 515 g/mol. The number of hydrazone groups is 1. The van der Waals surface area contributed by atoms with Gasteiger partial charge in [0, 0.05) is 44.2 Å². The zero-order chi connectivity index (χ0) is 25.5. The lowest BCUT2D eigenvalue weighted by atomic mass is 9.80. The Morgan fingerprint density at radius 2 is 1.76 bits per heavy atom. The molecule has 5 aliphatic rings. The lowest BCUT2D eigenvalue weighted by Gasteiger charge is -2.50. The molecule has 11 nitrogen and oxygen atoms in total. The van der Waals surface area contributed by atoms with Crippen LogP contribution in [-0.2, 0) is 0 Å². The summed E-state index contributed by atoms with van der Waals surface area (Å²) in [7, 11) is 0. The minimum atomic E-state index is 0.162. The molecule has 6 rings (SSSR count). The number of anilines is 1. The highest BCUT2D eigenvalue weighted by Crippen LogP contribution is 2.38. The normalized spacial score (nSPS) is 25.8. The maximum atomic E-state index is 9.87. The first-order chi connectivity index (χ1) is 18.1. The van der Waals surface area contributed by atoms with Crippen molar-refractivity contribution in [3.63, 3.8) is 0 Å². The van der Waals surface area contributed by atoms with Crippen LogP contribution >= 0.6 is 11.6 Å². The van der Waals surface area contributed by atoms with Crippen molar-refractivity contribution in [1.29, 1.82) is 15.8 Å². The summed E-state index contributed by atoms with van der Waals surface area (Å²) in [5.74, 6) is 1.24. The predicted octanol–water partition coefficient (Wildman–Crippen LogP) is 2.41. The second kappa shape index (κ2) is 9.49. The van der Waals surface area contributed by atoms with Crippen molar-refractivity contribution in [3.05, 3.63) is 53.9 Å². The molecule has 0 unspecified atom stereocenters. The van der Waals surface area contributed by atoms with Crippen LogP contribution in [0.4, 0.5) is 5.69 Å². The Balaban J connectivity index is 1.35. The van der Waals surface area contributed by atoms with E-state index in [9.17, 15) is 10.5 Å². The van der Waals surface area contributed by atoms with Crippen molar-refractivity contribution in [1.82, 2.24) is 30.1 Å². The molecule has 1 N–H and O–H groups in total. The van der Waals surface area contributed by atoms with E-state index in [1.807, 2.05) is 40.5 Å². The Hall–Kier alpha value is -3.95. The number of amidine groups is 1. The van der Waals surface area contributed by atoms with E-state index in [1.54, 1.807) is 0 Å². The van der Waals surface area contributed by atoms with E-state index in [-0.39, 0.29) is 23.0 Å². The summed E-state index contributed by atoms with van der Waals surface area (Å²) in [6, 6.07) is 15.2. The number of rotatable bonds is 6. The van der Waals surface area contributed by atoms with Gasteiger partial charge in [-0.25, -0.2) is 10.0 Å². The fourth-order valence-electron chi connectivity index (χ4n) is 5.18. The van der Waals surface area contributed by atoms with E-state index in [4.69, 9.17) is 16.9 Å². The Bertz CT molecular complexity index is 1270. The van der Waals surface area contributed by atoms with Crippen molar-refractivity contribution in [2.45, 2.75) is 37.8 Å². The average molecular weight is 516 g/mol. The molecular weight excluding hydrogens is 490 g/mol. The summed E-state index contributed by atoms with van der Waals surface area (Å²) < 4.78 is 0. The topological polar surface area (TPSA) is 115 Å². The van der Waals surface area contributed by atoms with E-state index in [0.717, 1.165) is 57.5 Å². The van der Waals surface area contributed by atoms with Gasteiger partial charge in [0.05, 0.1) is 18.0 Å². The third kappa shape index (κ3) is 4.20. The quantitative estimate of drug-likeness (QED) is 0.447. The van der Waals surface area contributed by atoms with Crippen LogP contribution < -0.4 is 10.4 Å². The highest BCUT2D eigenvalue weighted by molar-refractivity contribution is 6.64. The fraction of sp³-hybridized carbons (Fsp3) is 0.440. The van der Waals surface area contributed by atoms with Crippen LogP contribution in [-0.4, -0.2) is 68.4 Å². The van der Waals surface area contributed by atoms with Crippen LogP contribution in [0, 0.1) is 40.0 Å². The van der Waals surface area contributed by atoms with Gasteiger partial charge in [-0.1, -0.05) is 18.2 Å². The lowest BCUT2D eigenvalue weighted by molar-refractivity contribution is 0.0257. The molecule has 0 bridgehead atoms. The molecule has 0 amide bonds. The van der Waals surface area contributed by atoms with Crippen molar-refractivity contribution in [3.8, 4) is 18.3 Å². The van der Waals surface area contributed by atoms with Crippen molar-refractivity contribution in [2.75, 3.05) is 31.3 Å². The third-order valence-corrected chi connectivity index (χ3v) is 7.61. The highest BCUT2D eigenvalue weighted by Gasteiger charge is 2.44. The molecule has 3 heterocycles. The summed E-state index contributed by atoms with van der Waals surface area (Å²) in [5, 5.41) is 44.4. The zero-order valence-corrected chi connectivity index (χ0v) is 21.0. The number of hydrogen-bond acceptors (Lipinski definition) is 11. The minimum absolute atomic E-state index is 0.162. The SMILES string of the molecule is N#CC1=CN(C#N)C2=C(NC3CC3)N(N(c3ccccc3)N3CCN(C4CC(C#N)C4)CC3)C(Cl)=NN12. The molecule has 0 atom stereocenters. The van der Waals surface area contributed by atoms with E-state index in [1.165, 1.54) is 16.1 Å². The standard InChI is InChI=1S/C25H26ClN11/c26-25-31-35-22(15-28)16-33(17-29)24(35)23(30-19-6-7-19)36(25)37(20-4-2-1-3-5-20)34-10-8-32(9-11-34)21-12-18(13-21)14-27/h1-5,16,18-19,21,30H,6-13H2. The molecule has 1 saturated heterocycles. The zero-order valence-electron chi connectivity index (χ0n) is 20.2. The number of piperazine rings is 1. The smallest absolute Gasteiger partial charge is 0.244 e. The molecule has 37 heavy (non-hydrogen) atoms. The molecule has 2 aliphatic carbocycles. The van der Waals surface area contributed by atoms with Gasteiger partial charge in [0.2, 0.25) is 5.29 Å². The molecule has 3 fully saturated rings. The number of nitriles is 3. The van der Waals surface area contributed by atoms with Crippen LogP contribution in [0.15, 0.2) is 59.0 Å². The van der Waals surface area contributed by atoms with Gasteiger partial charge in [-0.15, -0.1) is 5.10 Å². The second-order valence-electron chi connectivity index (χ2n) is 9.75. The van der Waals surface area contributed by atoms with Gasteiger partial charge >= 0.3 is 0 Å². The first-order valence-corrected chi connectivity index (χ1v) is 12.9. The molecule has 12 heteroatoms. The molecule has 0 radical (unpaired) electrons. The van der Waals surface area contributed by atoms with E-state index in [0.29, 0.717) is 17.7 Å². The van der Waals surface area contributed by atoms with Crippen molar-refractivity contribution >= 4 is 22.6 Å². The maximum absolute atomic E-state index is 9.87. The van der Waals surface area contributed by atoms with Gasteiger partial charge in [-0.3, -0.25) is 4.90 Å². The first kappa shape index (κ1) is 23.4. The third-order valence-electron chi connectivity index (χ3n) is 7.38. The number of allylic oxidation sites excluding steroid dienone is 1. The van der Waals surface area contributed by atoms with Crippen LogP contribution in [0.1, 0.15) is 25.7 Å². The number of hydrazine groups is 2. The second-order valence-corrected chi connectivity index (χ2v) is 10.1. The summed E-state index contributed by atoms with van der Waals surface area (Å²) in [4.78, 5) is 3.83. The number of halogens is 1. The van der Waals surface area contributed by atoms with Crippen LogP contribution in [0.25, 0.3) is 0 Å². The van der Waals surface area contributed by atoms with Gasteiger partial charge in [-0.2, -0.15) is 30.8 Å². The molecule has 3 aliphatic heterocycles. The number of nitrogens with zero attached hydrogens (tertiary/aromatic N) is 10. The average Bonchev–Trinajstić information content (AvgIpc) is 3.65. The Morgan fingerprint density at radius 3 is 2.38 bits per heavy atom. The summed E-state index contributed by atoms with van der Waals surface area (Å²) in [5.41, 5.74) is 1.12. The predicted molar refractivity (Wildman–Crippen MR) is 135 cm³/mol. The number of hydrogen-bond donors (Lipinski definition) is 1. The van der Waals surface area contributed by atoms with Gasteiger partial charge < -0.3 is 5.32 Å². The molecular formula is C25H26ClN11. The Labute approximate surface area is 220 Å². The number of benzene rings is 1. The van der Waals surface area contributed by atoms with Gasteiger partial charge in [-0.05, 0) is 49.4 Å². The van der Waals surface area contributed by atoms with Crippen LogP contribution in [0.3, 0.4) is 0 Å². The van der Waals surface area contributed by atoms with Crippen molar-refractivity contribution in [2.24, 2.45) is 11.0 Å². The molecule has 0 spiro atoms. The molecule has 1 aromatic carbocycles. The van der Waals surface area contributed by atoms with Crippen LogP contribution in [0.5, 0.6) is 0 Å². The number of nitrogens with one attached hydrogen (secondary N) is 1. The summed E-state index contributed by atoms with van der Waals surface area (Å²) in [6.45, 7) is 3.24. The van der Waals surface area contributed by atoms with Gasteiger partial charge in [0.25, 0.3) is 0 Å². The van der Waals surface area contributed by atoms with E-state index >= 15 is 0 Å². The lowest BCUT2D eigenvalue weighted by Crippen LogP contribution is -2.64. The van der Waals surface area contributed by atoms with E-state index < -0.39 is 0 Å². The van der Waals surface area contributed by atoms with E-state index in [2.05, 4.69) is 38.7 Å². The molecule has 1 aromatic rings. The fourth-order valence-corrected chi connectivity index (χ4v) is 5.41. The highest BCUT2D eigenvalue weighted by atomic mass is 35.5. The number of fused-ring (bicyclic) bond motifs is 1. The van der Waals surface area contributed by atoms with Crippen molar-refractivity contribution < 1.29 is 0 Å². The first-order valence-electron chi connectivity index (χ1n) is 12.5. The van der Waals surface area contributed by atoms with Gasteiger partial charge in [0.15, 0.2) is 23.5 Å². The maximum Gasteiger partial charge on any atom is 0.244 e.